The molecule has 0 N–H and O–H groups in total. The molecule has 4 rings (SSSR count). The van der Waals surface area contributed by atoms with E-state index in [0.29, 0.717) is 36.2 Å². The number of benzene rings is 1. The first-order valence-corrected chi connectivity index (χ1v) is 8.95. The number of carbonyl (C=O) groups is 1. The highest BCUT2D eigenvalue weighted by Gasteiger charge is 2.38. The third-order valence-corrected chi connectivity index (χ3v) is 5.43. The van der Waals surface area contributed by atoms with E-state index >= 15 is 0 Å². The summed E-state index contributed by atoms with van der Waals surface area (Å²) in [6.45, 7) is 3.62. The van der Waals surface area contributed by atoms with E-state index in [1.54, 1.807) is 6.07 Å². The zero-order valence-corrected chi connectivity index (χ0v) is 14.1. The van der Waals surface area contributed by atoms with Gasteiger partial charge in [0.1, 0.15) is 11.4 Å². The van der Waals surface area contributed by atoms with Gasteiger partial charge in [-0.3, -0.25) is 9.69 Å². The summed E-state index contributed by atoms with van der Waals surface area (Å²) in [6, 6.07) is 8.10. The van der Waals surface area contributed by atoms with Crippen LogP contribution in [0.1, 0.15) is 43.7 Å². The zero-order valence-electron chi connectivity index (χ0n) is 14.1. The summed E-state index contributed by atoms with van der Waals surface area (Å²) in [7, 11) is 0. The van der Waals surface area contributed by atoms with Gasteiger partial charge in [0, 0.05) is 43.4 Å². The van der Waals surface area contributed by atoms with Crippen molar-refractivity contribution in [1.82, 2.24) is 4.90 Å². The number of ketones is 1. The highest BCUT2D eigenvalue weighted by atomic mass is 16.4. The maximum atomic E-state index is 12.0. The Morgan fingerprint density at radius 1 is 1.21 bits per heavy atom. The lowest BCUT2D eigenvalue weighted by molar-refractivity contribution is -0.123. The quantitative estimate of drug-likeness (QED) is 0.809. The summed E-state index contributed by atoms with van der Waals surface area (Å²) in [4.78, 5) is 26.2. The number of piperidine rings is 1. The van der Waals surface area contributed by atoms with Crippen molar-refractivity contribution in [3.8, 4) is 0 Å². The van der Waals surface area contributed by atoms with E-state index in [9.17, 15) is 9.59 Å². The predicted molar refractivity (Wildman–Crippen MR) is 93.0 cm³/mol. The van der Waals surface area contributed by atoms with Crippen molar-refractivity contribution >= 4 is 16.8 Å². The average molecular weight is 325 g/mol. The lowest BCUT2D eigenvalue weighted by Crippen LogP contribution is -2.43. The minimum absolute atomic E-state index is 0.290. The van der Waals surface area contributed by atoms with Crippen LogP contribution in [0.25, 0.3) is 11.0 Å². The first kappa shape index (κ1) is 15.6. The van der Waals surface area contributed by atoms with Crippen molar-refractivity contribution in [2.75, 3.05) is 6.54 Å². The summed E-state index contributed by atoms with van der Waals surface area (Å²) in [5.74, 6) is 1.04. The fourth-order valence-electron chi connectivity index (χ4n) is 3.88. The van der Waals surface area contributed by atoms with Crippen LogP contribution in [-0.4, -0.2) is 23.3 Å². The molecule has 1 aliphatic heterocycles. The summed E-state index contributed by atoms with van der Waals surface area (Å²) in [5.41, 5.74) is 2.57. The molecule has 4 nitrogen and oxygen atoms in total. The molecule has 1 atom stereocenters. The minimum atomic E-state index is -0.290. The van der Waals surface area contributed by atoms with Crippen molar-refractivity contribution in [1.29, 1.82) is 0 Å². The Morgan fingerprint density at radius 2 is 2.04 bits per heavy atom. The Balaban J connectivity index is 1.68. The second-order valence-corrected chi connectivity index (χ2v) is 7.14. The number of Topliss-reactive ketones (excluding diaryl/α,β-unsaturated/α-hetero) is 1. The Morgan fingerprint density at radius 3 is 2.79 bits per heavy atom. The van der Waals surface area contributed by atoms with Gasteiger partial charge in [0.05, 0.1) is 0 Å². The van der Waals surface area contributed by atoms with Crippen LogP contribution < -0.4 is 5.63 Å². The van der Waals surface area contributed by atoms with E-state index in [0.717, 1.165) is 30.5 Å². The molecule has 2 fully saturated rings. The topological polar surface area (TPSA) is 50.5 Å². The number of hydrogen-bond acceptors (Lipinski definition) is 4. The number of aryl methyl sites for hydroxylation is 1. The number of rotatable bonds is 4. The molecule has 1 saturated carbocycles. The first-order valence-electron chi connectivity index (χ1n) is 8.95. The molecule has 4 heteroatoms. The summed E-state index contributed by atoms with van der Waals surface area (Å²) in [6.07, 6.45) is 4.67. The molecule has 0 spiro atoms. The minimum Gasteiger partial charge on any atom is -0.423 e. The van der Waals surface area contributed by atoms with E-state index in [-0.39, 0.29) is 5.63 Å². The fourth-order valence-corrected chi connectivity index (χ4v) is 3.88. The summed E-state index contributed by atoms with van der Waals surface area (Å²) < 4.78 is 5.41. The maximum Gasteiger partial charge on any atom is 0.336 e. The van der Waals surface area contributed by atoms with Crippen molar-refractivity contribution in [3.05, 3.63) is 45.8 Å². The normalized spacial score (nSPS) is 22.2. The molecular formula is C20H23NO3. The largest absolute Gasteiger partial charge is 0.423 e. The standard InChI is InChI=1S/C20H23NO3/c1-2-13-3-6-17-15(10-20(23)24-19(17)9-13)12-21-8-7-16(22)11-18(21)14-4-5-14/h3,6,9-10,14,18H,2,4-5,7-8,11-12H2,1H3/t18-/m0/s1. The highest BCUT2D eigenvalue weighted by molar-refractivity contribution is 5.81. The lowest BCUT2D eigenvalue weighted by atomic mass is 9.96. The van der Waals surface area contributed by atoms with Crippen molar-refractivity contribution in [2.45, 2.75) is 51.6 Å². The SMILES string of the molecule is CCc1ccc2c(CN3CCC(=O)C[C@H]3C3CC3)cc(=O)oc2c1. The van der Waals surface area contributed by atoms with E-state index < -0.39 is 0 Å². The van der Waals surface area contributed by atoms with Crippen molar-refractivity contribution < 1.29 is 9.21 Å². The molecule has 1 aliphatic carbocycles. The van der Waals surface area contributed by atoms with Gasteiger partial charge in [-0.2, -0.15) is 0 Å². The third-order valence-electron chi connectivity index (χ3n) is 5.43. The Kier molecular flexibility index (Phi) is 4.01. The zero-order chi connectivity index (χ0) is 16.7. The van der Waals surface area contributed by atoms with E-state index in [1.807, 2.05) is 6.07 Å². The van der Waals surface area contributed by atoms with Gasteiger partial charge in [-0.1, -0.05) is 19.1 Å². The molecule has 24 heavy (non-hydrogen) atoms. The molecule has 1 aromatic heterocycles. The first-order chi connectivity index (χ1) is 11.6. The molecular weight excluding hydrogens is 302 g/mol. The van der Waals surface area contributed by atoms with Crippen LogP contribution >= 0.6 is 0 Å². The summed E-state index contributed by atoms with van der Waals surface area (Å²) in [5, 5.41) is 1.01. The molecule has 126 valence electrons. The fraction of sp³-hybridized carbons (Fsp3) is 0.500. The van der Waals surface area contributed by atoms with Gasteiger partial charge in [-0.25, -0.2) is 4.79 Å². The third kappa shape index (κ3) is 3.03. The molecule has 2 aromatic rings. The van der Waals surface area contributed by atoms with Crippen molar-refractivity contribution in [2.24, 2.45) is 5.92 Å². The van der Waals surface area contributed by atoms with Crippen molar-refractivity contribution in [3.63, 3.8) is 0 Å². The van der Waals surface area contributed by atoms with E-state index in [2.05, 4.69) is 24.0 Å². The van der Waals surface area contributed by atoms with E-state index in [4.69, 9.17) is 4.42 Å². The van der Waals surface area contributed by atoms with Crippen LogP contribution in [-0.2, 0) is 17.8 Å². The van der Waals surface area contributed by atoms with Gasteiger partial charge in [-0.15, -0.1) is 0 Å². The van der Waals surface area contributed by atoms with Crippen LogP contribution in [0.3, 0.4) is 0 Å². The highest BCUT2D eigenvalue weighted by Crippen LogP contribution is 2.39. The van der Waals surface area contributed by atoms with Crippen LogP contribution in [0.2, 0.25) is 0 Å². The van der Waals surface area contributed by atoms with E-state index in [1.165, 1.54) is 18.4 Å². The van der Waals surface area contributed by atoms with Gasteiger partial charge < -0.3 is 4.42 Å². The van der Waals surface area contributed by atoms with Crippen LogP contribution in [0.15, 0.2) is 33.5 Å². The molecule has 2 heterocycles. The molecule has 0 unspecified atom stereocenters. The summed E-state index contributed by atoms with van der Waals surface area (Å²) >= 11 is 0. The number of likely N-dealkylation sites (tertiary alicyclic amines) is 1. The van der Waals surface area contributed by atoms with Crippen LogP contribution in [0.4, 0.5) is 0 Å². The molecule has 1 aromatic carbocycles. The number of nitrogens with zero attached hydrogens (tertiary/aromatic N) is 1. The second kappa shape index (κ2) is 6.17. The average Bonchev–Trinajstić information content (AvgIpc) is 3.40. The second-order valence-electron chi connectivity index (χ2n) is 7.14. The lowest BCUT2D eigenvalue weighted by Gasteiger charge is -2.35. The molecule has 0 amide bonds. The number of hydrogen-bond donors (Lipinski definition) is 0. The molecule has 2 aliphatic rings. The Bertz CT molecular complexity index is 834. The smallest absolute Gasteiger partial charge is 0.336 e. The van der Waals surface area contributed by atoms with Gasteiger partial charge in [0.15, 0.2) is 0 Å². The van der Waals surface area contributed by atoms with Gasteiger partial charge >= 0.3 is 5.63 Å². The van der Waals surface area contributed by atoms with Crippen LogP contribution in [0.5, 0.6) is 0 Å². The molecule has 0 radical (unpaired) electrons. The van der Waals surface area contributed by atoms with Crippen LogP contribution in [0, 0.1) is 5.92 Å². The Labute approximate surface area is 141 Å². The van der Waals surface area contributed by atoms with Gasteiger partial charge in [0.2, 0.25) is 0 Å². The number of fused-ring (bicyclic) bond motifs is 1. The van der Waals surface area contributed by atoms with Gasteiger partial charge in [-0.05, 0) is 42.4 Å². The molecule has 1 saturated heterocycles. The van der Waals surface area contributed by atoms with Gasteiger partial charge in [0.25, 0.3) is 0 Å². The Hall–Kier alpha value is -1.94. The predicted octanol–water partition coefficient (Wildman–Crippen LogP) is 3.30. The maximum absolute atomic E-state index is 12.0. The monoisotopic (exact) mass is 325 g/mol. The molecule has 0 bridgehead atoms. The number of carbonyl (C=O) groups excluding carboxylic acids is 1.